The van der Waals surface area contributed by atoms with Crippen LogP contribution in [-0.4, -0.2) is 22.8 Å². The number of ether oxygens (including phenoxy) is 1. The lowest BCUT2D eigenvalue weighted by Crippen LogP contribution is -2.17. The maximum Gasteiger partial charge on any atom is 0.252 e. The second kappa shape index (κ2) is 8.15. The summed E-state index contributed by atoms with van der Waals surface area (Å²) in [5, 5.41) is 12.2. The monoisotopic (exact) mass is 399 g/mol. The topological polar surface area (TPSA) is 90.4 Å². The molecule has 3 heterocycles. The van der Waals surface area contributed by atoms with Crippen LogP contribution in [0.15, 0.2) is 63.0 Å². The summed E-state index contributed by atoms with van der Waals surface area (Å²) in [6.07, 6.45) is 0. The number of benzene rings is 1. The maximum absolute atomic E-state index is 13.3. The van der Waals surface area contributed by atoms with Crippen LogP contribution in [-0.2, 0) is 16.1 Å². The molecule has 9 heteroatoms. The molecule has 0 aliphatic carbocycles. The van der Waals surface area contributed by atoms with Crippen LogP contribution in [0.25, 0.3) is 21.9 Å². The average Bonchev–Trinajstić information content (AvgIpc) is 3.43. The highest BCUT2D eigenvalue weighted by Gasteiger charge is 2.12. The molecule has 0 unspecified atom stereocenters. The number of thiophene rings is 1. The van der Waals surface area contributed by atoms with E-state index in [1.54, 1.807) is 29.5 Å². The van der Waals surface area contributed by atoms with Gasteiger partial charge in [0.05, 0.1) is 11.5 Å². The van der Waals surface area contributed by atoms with E-state index in [0.717, 1.165) is 4.88 Å². The van der Waals surface area contributed by atoms with Gasteiger partial charge in [-0.05, 0) is 23.6 Å². The largest absolute Gasteiger partial charge is 0.365 e. The van der Waals surface area contributed by atoms with Gasteiger partial charge in [-0.2, -0.15) is 0 Å². The fraction of sp³-hybridized carbons (Fsp3) is 0.105. The molecule has 0 fully saturated rings. The van der Waals surface area contributed by atoms with Crippen LogP contribution < -0.4 is 5.32 Å². The number of halogens is 1. The number of anilines is 1. The van der Waals surface area contributed by atoms with Gasteiger partial charge in [-0.1, -0.05) is 28.5 Å². The van der Waals surface area contributed by atoms with Gasteiger partial charge in [0.25, 0.3) is 5.91 Å². The Balaban J connectivity index is 1.27. The van der Waals surface area contributed by atoms with E-state index in [0.29, 0.717) is 22.7 Å². The first-order chi connectivity index (χ1) is 13.7. The van der Waals surface area contributed by atoms with Crippen molar-refractivity contribution in [3.63, 3.8) is 0 Å². The lowest BCUT2D eigenvalue weighted by Gasteiger charge is -2.01. The van der Waals surface area contributed by atoms with E-state index in [-0.39, 0.29) is 24.9 Å². The third-order valence-corrected chi connectivity index (χ3v) is 4.58. The van der Waals surface area contributed by atoms with Crippen LogP contribution in [0.1, 0.15) is 5.69 Å². The molecule has 0 spiro atoms. The summed E-state index contributed by atoms with van der Waals surface area (Å²) in [4.78, 5) is 12.9. The molecule has 1 amide bonds. The zero-order chi connectivity index (χ0) is 19.3. The molecule has 0 aliphatic heterocycles. The Kier molecular flexibility index (Phi) is 5.27. The van der Waals surface area contributed by atoms with Gasteiger partial charge in [-0.25, -0.2) is 4.39 Å². The molecule has 3 aromatic heterocycles. The standard InChI is InChI=1S/C19H14FN3O4S/c20-13-4-1-3-12(7-13)15-9-19(27-23-15)21-18(24)11-25-10-14-8-16(26-22-14)17-5-2-6-28-17/h1-9H,10-11H2,(H,21,24). The highest BCUT2D eigenvalue weighted by molar-refractivity contribution is 7.13. The molecule has 4 rings (SSSR count). The minimum absolute atomic E-state index is 0.132. The van der Waals surface area contributed by atoms with E-state index in [4.69, 9.17) is 13.8 Å². The van der Waals surface area contributed by atoms with Crippen molar-refractivity contribution in [2.45, 2.75) is 6.61 Å². The minimum Gasteiger partial charge on any atom is -0.365 e. The Morgan fingerprint density at radius 1 is 1.14 bits per heavy atom. The van der Waals surface area contributed by atoms with Gasteiger partial charge in [0.1, 0.15) is 23.8 Å². The smallest absolute Gasteiger partial charge is 0.252 e. The van der Waals surface area contributed by atoms with E-state index < -0.39 is 5.91 Å². The Bertz CT molecular complexity index is 1070. The van der Waals surface area contributed by atoms with Crippen molar-refractivity contribution in [2.24, 2.45) is 0 Å². The van der Waals surface area contributed by atoms with Crippen molar-refractivity contribution >= 4 is 23.1 Å². The second-order valence-electron chi connectivity index (χ2n) is 5.79. The molecule has 28 heavy (non-hydrogen) atoms. The Morgan fingerprint density at radius 3 is 2.89 bits per heavy atom. The lowest BCUT2D eigenvalue weighted by atomic mass is 10.1. The van der Waals surface area contributed by atoms with Gasteiger partial charge in [0.2, 0.25) is 5.88 Å². The molecule has 0 atom stereocenters. The normalized spacial score (nSPS) is 10.9. The molecule has 142 valence electrons. The summed E-state index contributed by atoms with van der Waals surface area (Å²) < 4.78 is 28.9. The van der Waals surface area contributed by atoms with Crippen LogP contribution in [0.5, 0.6) is 0 Å². The number of nitrogens with zero attached hydrogens (tertiary/aromatic N) is 2. The van der Waals surface area contributed by atoms with Crippen molar-refractivity contribution in [1.82, 2.24) is 10.3 Å². The first-order valence-corrected chi connectivity index (χ1v) is 9.15. The SMILES string of the molecule is O=C(COCc1cc(-c2cccs2)on1)Nc1cc(-c2cccc(F)c2)no1. The molecule has 0 radical (unpaired) electrons. The third-order valence-electron chi connectivity index (χ3n) is 3.70. The number of nitrogens with one attached hydrogen (secondary N) is 1. The van der Waals surface area contributed by atoms with Gasteiger partial charge in [0, 0.05) is 17.7 Å². The molecule has 1 aromatic carbocycles. The van der Waals surface area contributed by atoms with Gasteiger partial charge in [0.15, 0.2) is 5.76 Å². The van der Waals surface area contributed by atoms with Crippen molar-refractivity contribution < 1.29 is 23.0 Å². The van der Waals surface area contributed by atoms with Crippen LogP contribution in [0, 0.1) is 5.82 Å². The van der Waals surface area contributed by atoms with Crippen LogP contribution in [0.3, 0.4) is 0 Å². The second-order valence-corrected chi connectivity index (χ2v) is 6.74. The summed E-state index contributed by atoms with van der Waals surface area (Å²) in [6, 6.07) is 13.1. The van der Waals surface area contributed by atoms with Crippen molar-refractivity contribution in [3.8, 4) is 21.9 Å². The quantitative estimate of drug-likeness (QED) is 0.497. The van der Waals surface area contributed by atoms with Crippen LogP contribution >= 0.6 is 11.3 Å². The molecule has 0 saturated carbocycles. The summed E-state index contributed by atoms with van der Waals surface area (Å²) in [5.74, 6) is 0.0114. The average molecular weight is 399 g/mol. The van der Waals surface area contributed by atoms with E-state index >= 15 is 0 Å². The van der Waals surface area contributed by atoms with Gasteiger partial charge < -0.3 is 13.8 Å². The highest BCUT2D eigenvalue weighted by Crippen LogP contribution is 2.25. The molecular formula is C19H14FN3O4S. The first kappa shape index (κ1) is 18.1. The lowest BCUT2D eigenvalue weighted by molar-refractivity contribution is -0.121. The molecule has 1 N–H and O–H groups in total. The summed E-state index contributed by atoms with van der Waals surface area (Å²) in [6.45, 7) is -0.0650. The summed E-state index contributed by atoms with van der Waals surface area (Å²) in [5.41, 5.74) is 1.55. The zero-order valence-corrected chi connectivity index (χ0v) is 15.2. The third kappa shape index (κ3) is 4.33. The van der Waals surface area contributed by atoms with E-state index in [9.17, 15) is 9.18 Å². The van der Waals surface area contributed by atoms with Crippen molar-refractivity contribution in [3.05, 3.63) is 65.4 Å². The Morgan fingerprint density at radius 2 is 2.07 bits per heavy atom. The number of hydrogen-bond donors (Lipinski definition) is 1. The zero-order valence-electron chi connectivity index (χ0n) is 14.4. The van der Waals surface area contributed by atoms with Gasteiger partial charge in [-0.15, -0.1) is 11.3 Å². The highest BCUT2D eigenvalue weighted by atomic mass is 32.1. The van der Waals surface area contributed by atoms with Crippen molar-refractivity contribution in [1.29, 1.82) is 0 Å². The van der Waals surface area contributed by atoms with E-state index in [1.807, 2.05) is 17.5 Å². The number of carbonyl (C=O) groups excluding carboxylic acids is 1. The predicted molar refractivity (Wildman–Crippen MR) is 100.0 cm³/mol. The number of carbonyl (C=O) groups is 1. The number of rotatable bonds is 7. The Hall–Kier alpha value is -3.30. The molecule has 0 bridgehead atoms. The predicted octanol–water partition coefficient (Wildman–Crippen LogP) is 4.35. The fourth-order valence-corrected chi connectivity index (χ4v) is 3.13. The number of aromatic nitrogens is 2. The molecule has 0 aliphatic rings. The Labute approximate surface area is 162 Å². The number of amides is 1. The molecule has 7 nitrogen and oxygen atoms in total. The number of hydrogen-bond acceptors (Lipinski definition) is 7. The summed E-state index contributed by atoms with van der Waals surface area (Å²) >= 11 is 1.54. The molecule has 4 aromatic rings. The molecular weight excluding hydrogens is 385 g/mol. The van der Waals surface area contributed by atoms with Gasteiger partial charge in [-0.3, -0.25) is 10.1 Å². The van der Waals surface area contributed by atoms with Crippen LogP contribution in [0.4, 0.5) is 10.3 Å². The van der Waals surface area contributed by atoms with Crippen molar-refractivity contribution in [2.75, 3.05) is 11.9 Å². The maximum atomic E-state index is 13.3. The minimum atomic E-state index is -0.413. The summed E-state index contributed by atoms with van der Waals surface area (Å²) in [7, 11) is 0. The fourth-order valence-electron chi connectivity index (χ4n) is 2.45. The van der Waals surface area contributed by atoms with E-state index in [2.05, 4.69) is 15.6 Å². The van der Waals surface area contributed by atoms with Gasteiger partial charge >= 0.3 is 0 Å². The van der Waals surface area contributed by atoms with Crippen LogP contribution in [0.2, 0.25) is 0 Å². The first-order valence-electron chi connectivity index (χ1n) is 8.27. The molecule has 0 saturated heterocycles. The van der Waals surface area contributed by atoms with E-state index in [1.165, 1.54) is 18.2 Å².